The fourth-order valence-electron chi connectivity index (χ4n) is 2.11. The van der Waals surface area contributed by atoms with Crippen molar-refractivity contribution in [2.24, 2.45) is 17.4 Å². The maximum Gasteiger partial charge on any atom is 0.335 e. The maximum atomic E-state index is 11.7. The van der Waals surface area contributed by atoms with Crippen LogP contribution in [0.25, 0.3) is 0 Å². The summed E-state index contributed by atoms with van der Waals surface area (Å²) in [7, 11) is 0. The van der Waals surface area contributed by atoms with Gasteiger partial charge in [-0.2, -0.15) is 0 Å². The first-order valence-corrected chi connectivity index (χ1v) is 5.33. The van der Waals surface area contributed by atoms with Gasteiger partial charge in [-0.25, -0.2) is 4.79 Å². The molecule has 90 valence electrons. The molecule has 0 bridgehead atoms. The molecule has 0 aromatic carbocycles. The van der Waals surface area contributed by atoms with Gasteiger partial charge in [0.25, 0.3) is 0 Å². The Balaban J connectivity index is 2.36. The number of amides is 1. The third kappa shape index (κ3) is 2.08. The molecular weight excluding hydrogens is 220 g/mol. The van der Waals surface area contributed by atoms with Crippen LogP contribution in [0.1, 0.15) is 13.3 Å². The molecule has 0 aromatic heterocycles. The van der Waals surface area contributed by atoms with Crippen molar-refractivity contribution in [2.75, 3.05) is 0 Å². The smallest absolute Gasteiger partial charge is 0.335 e. The van der Waals surface area contributed by atoms with E-state index in [4.69, 9.17) is 16.2 Å². The molecule has 0 saturated heterocycles. The van der Waals surface area contributed by atoms with Gasteiger partial charge in [0.05, 0.1) is 6.42 Å². The molecule has 2 unspecified atom stereocenters. The van der Waals surface area contributed by atoms with Crippen LogP contribution in [0.2, 0.25) is 0 Å². The Morgan fingerprint density at radius 3 is 2.88 bits per heavy atom. The van der Waals surface area contributed by atoms with Crippen molar-refractivity contribution in [3.63, 3.8) is 0 Å². The molecule has 0 radical (unpaired) electrons. The third-order valence-corrected chi connectivity index (χ3v) is 3.02. The summed E-state index contributed by atoms with van der Waals surface area (Å²) >= 11 is 0. The molecular formula is C12H14N2O3. The fourth-order valence-corrected chi connectivity index (χ4v) is 2.11. The van der Waals surface area contributed by atoms with Crippen LogP contribution >= 0.6 is 0 Å². The van der Waals surface area contributed by atoms with Crippen LogP contribution < -0.4 is 11.5 Å². The number of ether oxygens (including phenoxy) is 1. The van der Waals surface area contributed by atoms with Gasteiger partial charge >= 0.3 is 5.97 Å². The summed E-state index contributed by atoms with van der Waals surface area (Å²) in [4.78, 5) is 22.6. The number of rotatable bonds is 2. The monoisotopic (exact) mass is 234 g/mol. The second-order valence-electron chi connectivity index (χ2n) is 4.23. The summed E-state index contributed by atoms with van der Waals surface area (Å²) in [5, 5.41) is 0. The van der Waals surface area contributed by atoms with Gasteiger partial charge in [-0.05, 0) is 19.1 Å². The van der Waals surface area contributed by atoms with E-state index in [1.54, 1.807) is 12.2 Å². The van der Waals surface area contributed by atoms with Gasteiger partial charge in [0.1, 0.15) is 6.10 Å². The molecule has 0 saturated carbocycles. The summed E-state index contributed by atoms with van der Waals surface area (Å²) < 4.78 is 5.23. The van der Waals surface area contributed by atoms with Crippen LogP contribution in [-0.2, 0) is 14.3 Å². The van der Waals surface area contributed by atoms with Crippen molar-refractivity contribution in [1.29, 1.82) is 0 Å². The number of fused-ring (bicyclic) bond motifs is 1. The number of hydrogen-bond acceptors (Lipinski definition) is 4. The molecule has 17 heavy (non-hydrogen) atoms. The summed E-state index contributed by atoms with van der Waals surface area (Å²) in [6, 6.07) is 0. The normalized spacial score (nSPS) is 27.4. The third-order valence-electron chi connectivity index (χ3n) is 3.02. The predicted molar refractivity (Wildman–Crippen MR) is 61.3 cm³/mol. The summed E-state index contributed by atoms with van der Waals surface area (Å²) in [6.07, 6.45) is 4.90. The predicted octanol–water partition coefficient (Wildman–Crippen LogP) is 0.132. The van der Waals surface area contributed by atoms with Gasteiger partial charge in [0.2, 0.25) is 5.91 Å². The molecule has 1 aliphatic carbocycles. The van der Waals surface area contributed by atoms with Gasteiger partial charge < -0.3 is 16.2 Å². The minimum Gasteiger partial charge on any atom is -0.454 e. The number of hydrogen-bond donors (Lipinski definition) is 2. The van der Waals surface area contributed by atoms with E-state index in [2.05, 4.69) is 0 Å². The number of allylic oxidation sites excluding steroid dienone is 1. The molecule has 2 rings (SSSR count). The Morgan fingerprint density at radius 2 is 2.24 bits per heavy atom. The van der Waals surface area contributed by atoms with Crippen molar-refractivity contribution in [3.8, 4) is 0 Å². The van der Waals surface area contributed by atoms with E-state index in [1.807, 2.05) is 13.0 Å². The van der Waals surface area contributed by atoms with Crippen LogP contribution in [0.3, 0.4) is 0 Å². The van der Waals surface area contributed by atoms with Crippen LogP contribution in [0.5, 0.6) is 0 Å². The second kappa shape index (κ2) is 4.08. The fraction of sp³-hybridized carbons (Fsp3) is 0.333. The van der Waals surface area contributed by atoms with Gasteiger partial charge in [0.15, 0.2) is 0 Å². The first-order valence-electron chi connectivity index (χ1n) is 5.33. The zero-order valence-corrected chi connectivity index (χ0v) is 9.47. The van der Waals surface area contributed by atoms with E-state index in [0.717, 1.165) is 5.57 Å². The average Bonchev–Trinajstić information content (AvgIpc) is 2.23. The molecule has 2 aliphatic rings. The first kappa shape index (κ1) is 11.4. The topological polar surface area (TPSA) is 95.4 Å². The standard InChI is InChI=1S/C12H14N2O3/c1-6-8-3-2-7(13)4-10(8)17-12(16)9(6)5-11(14)15/h2-4,8,10H,5,13H2,1H3,(H2,14,15). The lowest BCUT2D eigenvalue weighted by molar-refractivity contribution is -0.145. The number of carbonyl (C=O) groups excluding carboxylic acids is 2. The van der Waals surface area contributed by atoms with Crippen LogP contribution in [0.15, 0.2) is 35.1 Å². The van der Waals surface area contributed by atoms with Crippen LogP contribution in [0, 0.1) is 5.92 Å². The highest BCUT2D eigenvalue weighted by molar-refractivity contribution is 5.96. The van der Waals surface area contributed by atoms with E-state index < -0.39 is 11.9 Å². The van der Waals surface area contributed by atoms with Crippen molar-refractivity contribution in [2.45, 2.75) is 19.4 Å². The Morgan fingerprint density at radius 1 is 1.53 bits per heavy atom. The Hall–Kier alpha value is -2.04. The van der Waals surface area contributed by atoms with E-state index in [-0.39, 0.29) is 18.4 Å². The zero-order chi connectivity index (χ0) is 12.6. The lowest BCUT2D eigenvalue weighted by atomic mass is 9.84. The van der Waals surface area contributed by atoms with Crippen LogP contribution in [0.4, 0.5) is 0 Å². The molecule has 1 aliphatic heterocycles. The largest absolute Gasteiger partial charge is 0.454 e. The number of nitrogens with two attached hydrogens (primary N) is 2. The molecule has 0 fully saturated rings. The van der Waals surface area contributed by atoms with Gasteiger partial charge in [-0.3, -0.25) is 4.79 Å². The van der Waals surface area contributed by atoms with Crippen LogP contribution in [-0.4, -0.2) is 18.0 Å². The SMILES string of the molecule is CC1=C(CC(N)=O)C(=O)OC2C=C(N)C=CC12. The highest BCUT2D eigenvalue weighted by atomic mass is 16.5. The lowest BCUT2D eigenvalue weighted by Gasteiger charge is -2.32. The lowest BCUT2D eigenvalue weighted by Crippen LogP contribution is -2.35. The average molecular weight is 234 g/mol. The molecule has 4 N–H and O–H groups in total. The second-order valence-corrected chi connectivity index (χ2v) is 4.23. The minimum absolute atomic E-state index is 0.0469. The molecule has 0 spiro atoms. The first-order chi connectivity index (χ1) is 7.99. The van der Waals surface area contributed by atoms with Crippen molar-refractivity contribution in [1.82, 2.24) is 0 Å². The highest BCUT2D eigenvalue weighted by Crippen LogP contribution is 2.33. The summed E-state index contributed by atoms with van der Waals surface area (Å²) in [6.45, 7) is 1.82. The number of primary amides is 1. The molecule has 0 aromatic rings. The Kier molecular flexibility index (Phi) is 2.75. The summed E-state index contributed by atoms with van der Waals surface area (Å²) in [5.41, 5.74) is 12.5. The molecule has 1 heterocycles. The van der Waals surface area contributed by atoms with E-state index in [0.29, 0.717) is 11.3 Å². The van der Waals surface area contributed by atoms with Gasteiger partial charge in [-0.15, -0.1) is 0 Å². The van der Waals surface area contributed by atoms with Crippen molar-refractivity contribution >= 4 is 11.9 Å². The summed E-state index contributed by atoms with van der Waals surface area (Å²) in [5.74, 6) is -1.07. The van der Waals surface area contributed by atoms with Crippen molar-refractivity contribution in [3.05, 3.63) is 35.1 Å². The molecule has 5 nitrogen and oxygen atoms in total. The van der Waals surface area contributed by atoms with E-state index in [1.165, 1.54) is 0 Å². The minimum atomic E-state index is -0.537. The van der Waals surface area contributed by atoms with Gasteiger partial charge in [-0.1, -0.05) is 11.6 Å². The molecule has 1 amide bonds. The van der Waals surface area contributed by atoms with E-state index in [9.17, 15) is 9.59 Å². The van der Waals surface area contributed by atoms with E-state index >= 15 is 0 Å². The maximum absolute atomic E-state index is 11.7. The van der Waals surface area contributed by atoms with Gasteiger partial charge in [0, 0.05) is 17.2 Å². The molecule has 2 atom stereocenters. The Labute approximate surface area is 98.8 Å². The zero-order valence-electron chi connectivity index (χ0n) is 9.47. The number of carbonyl (C=O) groups is 2. The Bertz CT molecular complexity index is 474. The quantitative estimate of drug-likeness (QED) is 0.664. The van der Waals surface area contributed by atoms with Crippen molar-refractivity contribution < 1.29 is 14.3 Å². The highest BCUT2D eigenvalue weighted by Gasteiger charge is 2.34. The molecule has 5 heteroatoms. The number of esters is 1.